The van der Waals surface area contributed by atoms with E-state index >= 15 is 0 Å². The first-order valence-electron chi connectivity index (χ1n) is 6.31. The molecule has 1 fully saturated rings. The lowest BCUT2D eigenvalue weighted by Crippen LogP contribution is -2.34. The molecule has 0 saturated heterocycles. The van der Waals surface area contributed by atoms with Crippen molar-refractivity contribution >= 4 is 0 Å². The van der Waals surface area contributed by atoms with Gasteiger partial charge in [-0.15, -0.1) is 0 Å². The molecule has 92 valence electrons. The summed E-state index contributed by atoms with van der Waals surface area (Å²) >= 11 is 0. The molecule has 3 nitrogen and oxygen atoms in total. The first kappa shape index (κ1) is 10.9. The van der Waals surface area contributed by atoms with Crippen molar-refractivity contribution in [3.63, 3.8) is 0 Å². The average molecular weight is 233 g/mol. The molecule has 0 aromatic heterocycles. The van der Waals surface area contributed by atoms with Crippen molar-refractivity contribution in [2.75, 3.05) is 6.79 Å². The SMILES string of the molecule is Cc1cc2c(c(C3(N)CCCC3)c1C)OCO2. The third kappa shape index (κ3) is 1.53. The topological polar surface area (TPSA) is 44.5 Å². The average Bonchev–Trinajstić information content (AvgIpc) is 2.89. The third-order valence-corrected chi connectivity index (χ3v) is 4.18. The number of hydrogen-bond donors (Lipinski definition) is 1. The summed E-state index contributed by atoms with van der Waals surface area (Å²) < 4.78 is 11.1. The number of hydrogen-bond acceptors (Lipinski definition) is 3. The molecule has 1 aliphatic heterocycles. The lowest BCUT2D eigenvalue weighted by molar-refractivity contribution is 0.172. The zero-order valence-electron chi connectivity index (χ0n) is 10.5. The Morgan fingerprint density at radius 3 is 2.59 bits per heavy atom. The summed E-state index contributed by atoms with van der Waals surface area (Å²) in [5, 5.41) is 0. The first-order chi connectivity index (χ1) is 8.12. The highest BCUT2D eigenvalue weighted by atomic mass is 16.7. The standard InChI is InChI=1S/C14H19NO2/c1-9-7-11-13(17-8-16-11)12(10(9)2)14(15)5-3-4-6-14/h7H,3-6,8,15H2,1-2H3. The molecule has 1 heterocycles. The molecule has 1 aliphatic carbocycles. The molecule has 0 bridgehead atoms. The van der Waals surface area contributed by atoms with Crippen LogP contribution in [0.4, 0.5) is 0 Å². The summed E-state index contributed by atoms with van der Waals surface area (Å²) in [5.74, 6) is 1.75. The van der Waals surface area contributed by atoms with E-state index in [1.165, 1.54) is 29.5 Å². The largest absolute Gasteiger partial charge is 0.454 e. The molecule has 1 aromatic carbocycles. The van der Waals surface area contributed by atoms with E-state index in [1.54, 1.807) is 0 Å². The highest BCUT2D eigenvalue weighted by molar-refractivity contribution is 5.58. The number of nitrogens with two attached hydrogens (primary N) is 1. The Hall–Kier alpha value is -1.22. The second-order valence-electron chi connectivity index (χ2n) is 5.29. The van der Waals surface area contributed by atoms with E-state index in [2.05, 4.69) is 19.9 Å². The quantitative estimate of drug-likeness (QED) is 0.811. The monoisotopic (exact) mass is 233 g/mol. The van der Waals surface area contributed by atoms with Crippen molar-refractivity contribution < 1.29 is 9.47 Å². The van der Waals surface area contributed by atoms with Crippen molar-refractivity contribution in [1.82, 2.24) is 0 Å². The lowest BCUT2D eigenvalue weighted by atomic mass is 9.83. The minimum absolute atomic E-state index is 0.214. The van der Waals surface area contributed by atoms with Gasteiger partial charge in [-0.25, -0.2) is 0 Å². The van der Waals surface area contributed by atoms with Gasteiger partial charge in [-0.05, 0) is 43.9 Å². The summed E-state index contributed by atoms with van der Waals surface area (Å²) in [5.41, 5.74) is 10.1. The predicted molar refractivity (Wildman–Crippen MR) is 66.4 cm³/mol. The molecule has 0 radical (unpaired) electrons. The van der Waals surface area contributed by atoms with Crippen molar-refractivity contribution in [3.05, 3.63) is 22.8 Å². The summed E-state index contributed by atoms with van der Waals surface area (Å²) in [6, 6.07) is 2.06. The van der Waals surface area contributed by atoms with Crippen LogP contribution in [0.2, 0.25) is 0 Å². The lowest BCUT2D eigenvalue weighted by Gasteiger charge is -2.28. The van der Waals surface area contributed by atoms with E-state index in [4.69, 9.17) is 15.2 Å². The van der Waals surface area contributed by atoms with E-state index in [9.17, 15) is 0 Å². The van der Waals surface area contributed by atoms with E-state index < -0.39 is 0 Å². The molecule has 17 heavy (non-hydrogen) atoms. The van der Waals surface area contributed by atoms with Crippen LogP contribution in [0.15, 0.2) is 6.07 Å². The van der Waals surface area contributed by atoms with E-state index in [1.807, 2.05) is 0 Å². The predicted octanol–water partition coefficient (Wildman–Crippen LogP) is 2.76. The minimum Gasteiger partial charge on any atom is -0.454 e. The molecule has 3 rings (SSSR count). The van der Waals surface area contributed by atoms with Crippen LogP contribution in [0.1, 0.15) is 42.4 Å². The van der Waals surface area contributed by atoms with Crippen LogP contribution in [0, 0.1) is 13.8 Å². The van der Waals surface area contributed by atoms with Gasteiger partial charge in [-0.3, -0.25) is 0 Å². The van der Waals surface area contributed by atoms with Crippen LogP contribution in [0.3, 0.4) is 0 Å². The molecule has 2 N–H and O–H groups in total. The number of aryl methyl sites for hydroxylation is 1. The summed E-state index contributed by atoms with van der Waals surface area (Å²) in [4.78, 5) is 0. The van der Waals surface area contributed by atoms with Crippen LogP contribution >= 0.6 is 0 Å². The summed E-state index contributed by atoms with van der Waals surface area (Å²) in [7, 11) is 0. The van der Waals surface area contributed by atoms with Crippen LogP contribution in [0.25, 0.3) is 0 Å². The van der Waals surface area contributed by atoms with Crippen LogP contribution in [-0.4, -0.2) is 6.79 Å². The molecule has 0 atom stereocenters. The van der Waals surface area contributed by atoms with Crippen molar-refractivity contribution in [1.29, 1.82) is 0 Å². The second-order valence-corrected chi connectivity index (χ2v) is 5.29. The van der Waals surface area contributed by atoms with Gasteiger partial charge in [-0.2, -0.15) is 0 Å². The second kappa shape index (κ2) is 3.64. The van der Waals surface area contributed by atoms with Crippen LogP contribution in [-0.2, 0) is 5.54 Å². The number of fused-ring (bicyclic) bond motifs is 1. The Morgan fingerprint density at radius 1 is 1.18 bits per heavy atom. The highest BCUT2D eigenvalue weighted by Crippen LogP contribution is 2.48. The minimum atomic E-state index is -0.214. The number of ether oxygens (including phenoxy) is 2. The number of benzene rings is 1. The smallest absolute Gasteiger partial charge is 0.231 e. The normalized spacial score (nSPS) is 20.9. The highest BCUT2D eigenvalue weighted by Gasteiger charge is 2.38. The molecule has 3 heteroatoms. The van der Waals surface area contributed by atoms with E-state index in [-0.39, 0.29) is 5.54 Å². The molecule has 1 aromatic rings. The van der Waals surface area contributed by atoms with E-state index in [0.717, 1.165) is 24.3 Å². The van der Waals surface area contributed by atoms with Gasteiger partial charge in [0.1, 0.15) is 0 Å². The Balaban J connectivity index is 2.21. The number of rotatable bonds is 1. The molecule has 0 spiro atoms. The van der Waals surface area contributed by atoms with Gasteiger partial charge < -0.3 is 15.2 Å². The van der Waals surface area contributed by atoms with Gasteiger partial charge in [0.15, 0.2) is 11.5 Å². The molecule has 0 unspecified atom stereocenters. The Labute approximate surface area is 102 Å². The van der Waals surface area contributed by atoms with Crippen molar-refractivity contribution in [3.8, 4) is 11.5 Å². The maximum atomic E-state index is 6.59. The fourth-order valence-corrected chi connectivity index (χ4v) is 3.12. The van der Waals surface area contributed by atoms with Crippen LogP contribution in [0.5, 0.6) is 11.5 Å². The van der Waals surface area contributed by atoms with Crippen LogP contribution < -0.4 is 15.2 Å². The van der Waals surface area contributed by atoms with Gasteiger partial charge in [0.25, 0.3) is 0 Å². The fourth-order valence-electron chi connectivity index (χ4n) is 3.12. The summed E-state index contributed by atoms with van der Waals surface area (Å²) in [6.45, 7) is 4.57. The zero-order valence-corrected chi connectivity index (χ0v) is 10.5. The van der Waals surface area contributed by atoms with Gasteiger partial charge >= 0.3 is 0 Å². The maximum Gasteiger partial charge on any atom is 0.231 e. The van der Waals surface area contributed by atoms with Gasteiger partial charge in [0.05, 0.1) is 0 Å². The molecule has 0 amide bonds. The van der Waals surface area contributed by atoms with Crippen molar-refractivity contribution in [2.24, 2.45) is 5.73 Å². The van der Waals surface area contributed by atoms with Crippen molar-refractivity contribution in [2.45, 2.75) is 45.1 Å². The van der Waals surface area contributed by atoms with E-state index in [0.29, 0.717) is 6.79 Å². The van der Waals surface area contributed by atoms with Gasteiger partial charge in [0, 0.05) is 11.1 Å². The fraction of sp³-hybridized carbons (Fsp3) is 0.571. The Kier molecular flexibility index (Phi) is 2.33. The third-order valence-electron chi connectivity index (χ3n) is 4.18. The summed E-state index contributed by atoms with van der Waals surface area (Å²) in [6.07, 6.45) is 4.51. The van der Waals surface area contributed by atoms with Gasteiger partial charge in [-0.1, -0.05) is 12.8 Å². The maximum absolute atomic E-state index is 6.59. The molecule has 2 aliphatic rings. The van der Waals surface area contributed by atoms with Gasteiger partial charge in [0.2, 0.25) is 6.79 Å². The Morgan fingerprint density at radius 2 is 1.88 bits per heavy atom. The first-order valence-corrected chi connectivity index (χ1v) is 6.31. The molecular weight excluding hydrogens is 214 g/mol. The molecular formula is C14H19NO2. The zero-order chi connectivity index (χ0) is 12.0. The Bertz CT molecular complexity index is 462. The molecule has 1 saturated carbocycles.